The van der Waals surface area contributed by atoms with Gasteiger partial charge in [-0.2, -0.15) is 9.84 Å². The molecule has 4 aromatic rings. The monoisotopic (exact) mass is 676 g/mol. The summed E-state index contributed by atoms with van der Waals surface area (Å²) < 4.78 is 2.05. The lowest BCUT2D eigenvalue weighted by molar-refractivity contribution is -0.436. The lowest BCUT2D eigenvalue weighted by Crippen LogP contribution is -2.28. The molecule has 0 unspecified atom stereocenters. The highest BCUT2D eigenvalue weighted by Crippen LogP contribution is 2.49. The standard InChI is InChI=1S/C44H41N3O4/c1-43(2)35-27-33(31-11-7-5-8-12-31)17-19-37(35)46(25-23-41(48)49)39(43)21-15-30(29-45)16-22-40-44(3,4)36-28-34(32-13-9-6-10-14-32)18-20-38(36)47(40)26-24-42(50)51/h5-22,27-28H,23-26H2,1-4H3,(H-,48,49,50,51)/p+1. The number of fused-ring (bicyclic) bond motifs is 2. The summed E-state index contributed by atoms with van der Waals surface area (Å²) in [5.74, 6) is -1.75. The summed E-state index contributed by atoms with van der Waals surface area (Å²) >= 11 is 0. The van der Waals surface area contributed by atoms with E-state index in [-0.39, 0.29) is 12.8 Å². The van der Waals surface area contributed by atoms with Crippen LogP contribution in [0.4, 0.5) is 11.4 Å². The number of aliphatic carboxylic acids is 2. The highest BCUT2D eigenvalue weighted by atomic mass is 16.4. The SMILES string of the molecule is CC1(C)C(/C=C/C(C#N)=C/C=C2/N(CCC(=O)O)c3ccc(-c4ccccc4)cc3C2(C)C)=[N+](CCC(=O)O)c2ccc(-c3ccccc3)cc21. The van der Waals surface area contributed by atoms with E-state index in [1.54, 1.807) is 12.2 Å². The number of carbonyl (C=O) groups is 2. The second-order valence-electron chi connectivity index (χ2n) is 14.0. The molecular weight excluding hydrogens is 635 g/mol. The number of benzene rings is 4. The number of nitriles is 1. The van der Waals surface area contributed by atoms with Gasteiger partial charge in [-0.25, -0.2) is 0 Å². The van der Waals surface area contributed by atoms with E-state index in [0.29, 0.717) is 18.7 Å². The molecule has 2 heterocycles. The molecule has 0 radical (unpaired) electrons. The number of allylic oxidation sites excluding steroid dienone is 6. The van der Waals surface area contributed by atoms with Crippen molar-refractivity contribution in [2.24, 2.45) is 0 Å². The number of carboxylic acids is 2. The molecule has 0 bridgehead atoms. The number of anilines is 1. The molecule has 4 aromatic carbocycles. The van der Waals surface area contributed by atoms with E-state index in [9.17, 15) is 25.1 Å². The predicted molar refractivity (Wildman–Crippen MR) is 202 cm³/mol. The van der Waals surface area contributed by atoms with Crippen molar-refractivity contribution < 1.29 is 24.4 Å². The molecule has 7 nitrogen and oxygen atoms in total. The molecule has 7 heteroatoms. The number of hydrogen-bond acceptors (Lipinski definition) is 4. The van der Waals surface area contributed by atoms with Crippen molar-refractivity contribution in [3.63, 3.8) is 0 Å². The normalized spacial score (nSPS) is 16.7. The maximum atomic E-state index is 11.7. The summed E-state index contributed by atoms with van der Waals surface area (Å²) in [6.07, 6.45) is 7.37. The van der Waals surface area contributed by atoms with Crippen LogP contribution in [0.1, 0.15) is 51.7 Å². The van der Waals surface area contributed by atoms with Crippen LogP contribution in [0.15, 0.2) is 133 Å². The first-order valence-electron chi connectivity index (χ1n) is 17.2. The number of carboxylic acid groups (broad SMARTS) is 2. The van der Waals surface area contributed by atoms with Crippen LogP contribution in [0.5, 0.6) is 0 Å². The zero-order valence-electron chi connectivity index (χ0n) is 29.4. The molecule has 0 atom stereocenters. The predicted octanol–water partition coefficient (Wildman–Crippen LogP) is 9.03. The minimum Gasteiger partial charge on any atom is -0.481 e. The molecule has 6 rings (SSSR count). The summed E-state index contributed by atoms with van der Waals surface area (Å²) in [4.78, 5) is 25.4. The summed E-state index contributed by atoms with van der Waals surface area (Å²) in [6, 6.07) is 35.3. The molecule has 2 aliphatic heterocycles. The Hall–Kier alpha value is -6.00. The lowest BCUT2D eigenvalue weighted by Gasteiger charge is -2.26. The molecule has 0 saturated heterocycles. The zero-order chi connectivity index (χ0) is 36.3. The van der Waals surface area contributed by atoms with E-state index in [2.05, 4.69) is 104 Å². The molecule has 0 spiro atoms. The molecule has 51 heavy (non-hydrogen) atoms. The first-order chi connectivity index (χ1) is 24.4. The van der Waals surface area contributed by atoms with Crippen LogP contribution < -0.4 is 4.90 Å². The molecular formula is C44H42N3O4+. The van der Waals surface area contributed by atoms with Gasteiger partial charge in [0.2, 0.25) is 5.69 Å². The van der Waals surface area contributed by atoms with Crippen molar-refractivity contribution in [1.29, 1.82) is 5.26 Å². The van der Waals surface area contributed by atoms with Gasteiger partial charge in [0.25, 0.3) is 0 Å². The van der Waals surface area contributed by atoms with Crippen molar-refractivity contribution in [1.82, 2.24) is 0 Å². The number of hydrogen-bond donors (Lipinski definition) is 2. The van der Waals surface area contributed by atoms with E-state index >= 15 is 0 Å². The number of nitrogens with zero attached hydrogens (tertiary/aromatic N) is 3. The Balaban J connectivity index is 1.37. The molecule has 2 aliphatic rings. The highest BCUT2D eigenvalue weighted by molar-refractivity contribution is 6.03. The van der Waals surface area contributed by atoms with Crippen LogP contribution in [0.3, 0.4) is 0 Å². The highest BCUT2D eigenvalue weighted by Gasteiger charge is 2.45. The maximum Gasteiger partial charge on any atom is 0.309 e. The Labute approximate surface area is 299 Å². The largest absolute Gasteiger partial charge is 0.481 e. The Kier molecular flexibility index (Phi) is 9.62. The first kappa shape index (κ1) is 34.8. The quantitative estimate of drug-likeness (QED) is 0.0934. The van der Waals surface area contributed by atoms with Crippen molar-refractivity contribution in [2.75, 3.05) is 18.0 Å². The van der Waals surface area contributed by atoms with Gasteiger partial charge in [-0.05, 0) is 84.2 Å². The van der Waals surface area contributed by atoms with E-state index in [0.717, 1.165) is 56.2 Å². The van der Waals surface area contributed by atoms with Crippen LogP contribution in [0.2, 0.25) is 0 Å². The van der Waals surface area contributed by atoms with Gasteiger partial charge in [0.05, 0.1) is 23.5 Å². The van der Waals surface area contributed by atoms with Gasteiger partial charge in [-0.3, -0.25) is 9.59 Å². The molecule has 2 N–H and O–H groups in total. The van der Waals surface area contributed by atoms with E-state index < -0.39 is 22.8 Å². The summed E-state index contributed by atoms with van der Waals surface area (Å²) in [5, 5.41) is 29.5. The molecule has 0 aliphatic carbocycles. The minimum absolute atomic E-state index is 0.0336. The molecule has 0 saturated carbocycles. The second kappa shape index (κ2) is 14.1. The van der Waals surface area contributed by atoms with Gasteiger partial charge in [0, 0.05) is 41.1 Å². The Morgan fingerprint density at radius 2 is 1.35 bits per heavy atom. The molecule has 0 aromatic heterocycles. The number of rotatable bonds is 11. The van der Waals surface area contributed by atoms with Crippen LogP contribution in [0.25, 0.3) is 22.3 Å². The van der Waals surface area contributed by atoms with E-state index in [1.165, 1.54) is 0 Å². The molecule has 256 valence electrons. The summed E-state index contributed by atoms with van der Waals surface area (Å²) in [7, 11) is 0. The smallest absolute Gasteiger partial charge is 0.309 e. The fraction of sp³-hybridized carbons (Fsp3) is 0.227. The average Bonchev–Trinajstić information content (AvgIpc) is 3.47. The minimum atomic E-state index is -0.877. The van der Waals surface area contributed by atoms with Crippen molar-refractivity contribution >= 4 is 29.0 Å². The van der Waals surface area contributed by atoms with Gasteiger partial charge in [-0.15, -0.1) is 0 Å². The lowest BCUT2D eigenvalue weighted by atomic mass is 9.80. The van der Waals surface area contributed by atoms with Crippen molar-refractivity contribution in [2.45, 2.75) is 51.4 Å². The van der Waals surface area contributed by atoms with Crippen LogP contribution in [-0.2, 0) is 20.4 Å². The first-order valence-corrected chi connectivity index (χ1v) is 17.2. The Morgan fingerprint density at radius 1 is 0.765 bits per heavy atom. The Bertz CT molecular complexity index is 2170. The Morgan fingerprint density at radius 3 is 1.94 bits per heavy atom. The van der Waals surface area contributed by atoms with Gasteiger partial charge in [-0.1, -0.05) is 80.6 Å². The fourth-order valence-corrected chi connectivity index (χ4v) is 7.34. The van der Waals surface area contributed by atoms with Gasteiger partial charge >= 0.3 is 11.9 Å². The fourth-order valence-electron chi connectivity index (χ4n) is 7.34. The van der Waals surface area contributed by atoms with Gasteiger partial charge in [0.1, 0.15) is 6.42 Å². The second-order valence-corrected chi connectivity index (χ2v) is 14.0. The van der Waals surface area contributed by atoms with Crippen LogP contribution in [0, 0.1) is 11.3 Å². The van der Waals surface area contributed by atoms with Gasteiger partial charge in [0.15, 0.2) is 12.3 Å². The zero-order valence-corrected chi connectivity index (χ0v) is 29.4. The van der Waals surface area contributed by atoms with E-state index in [4.69, 9.17) is 0 Å². The van der Waals surface area contributed by atoms with Crippen LogP contribution in [-0.4, -0.2) is 45.5 Å². The third kappa shape index (κ3) is 6.91. The van der Waals surface area contributed by atoms with Crippen molar-refractivity contribution in [3.05, 3.63) is 144 Å². The topological polar surface area (TPSA) is 105 Å². The molecule has 0 fully saturated rings. The van der Waals surface area contributed by atoms with Crippen molar-refractivity contribution in [3.8, 4) is 28.3 Å². The van der Waals surface area contributed by atoms with Gasteiger partial charge < -0.3 is 15.1 Å². The third-order valence-electron chi connectivity index (χ3n) is 10.1. The third-order valence-corrected chi connectivity index (χ3v) is 10.1. The average molecular weight is 677 g/mol. The summed E-state index contributed by atoms with van der Waals surface area (Å²) in [6.45, 7) is 9.09. The maximum absolute atomic E-state index is 11.7. The molecule has 0 amide bonds. The van der Waals surface area contributed by atoms with E-state index in [1.807, 2.05) is 48.6 Å². The summed E-state index contributed by atoms with van der Waals surface area (Å²) in [5.41, 5.74) is 9.76. The van der Waals surface area contributed by atoms with Crippen LogP contribution >= 0.6 is 0 Å².